The summed E-state index contributed by atoms with van der Waals surface area (Å²) in [6, 6.07) is 2.67. The van der Waals surface area contributed by atoms with Gasteiger partial charge in [-0.1, -0.05) is 19.6 Å². The van der Waals surface area contributed by atoms with Gasteiger partial charge in [0.1, 0.15) is 6.10 Å². The van der Waals surface area contributed by atoms with E-state index in [4.69, 9.17) is 14.0 Å². The summed E-state index contributed by atoms with van der Waals surface area (Å²) in [6.45, 7) is 9.36. The molecule has 1 atom stereocenters. The summed E-state index contributed by atoms with van der Waals surface area (Å²) in [7, 11) is -1.05. The second kappa shape index (κ2) is 6.18. The van der Waals surface area contributed by atoms with Crippen LogP contribution in [0.5, 0.6) is 5.88 Å². The molecule has 98 valence electrons. The fourth-order valence-electron chi connectivity index (χ4n) is 1.08. The molecule has 0 aliphatic heterocycles. The molecule has 0 radical (unpaired) electrons. The maximum absolute atomic E-state index is 9.22. The lowest BCUT2D eigenvalue weighted by atomic mass is 10.3. The first-order valence-electron chi connectivity index (χ1n) is 5.74. The fourth-order valence-corrected chi connectivity index (χ4v) is 1.83. The van der Waals surface area contributed by atoms with Crippen LogP contribution in [0.3, 0.4) is 0 Å². The van der Waals surface area contributed by atoms with Crippen LogP contribution in [0.15, 0.2) is 10.6 Å². The Balaban J connectivity index is 2.18. The second-order valence-electron chi connectivity index (χ2n) is 5.22. The normalized spacial score (nSPS) is 13.7. The molecule has 1 unspecified atom stereocenters. The van der Waals surface area contributed by atoms with Crippen molar-refractivity contribution in [1.82, 2.24) is 5.16 Å². The van der Waals surface area contributed by atoms with E-state index >= 15 is 0 Å². The van der Waals surface area contributed by atoms with Crippen LogP contribution in [0.25, 0.3) is 0 Å². The van der Waals surface area contributed by atoms with E-state index in [-0.39, 0.29) is 6.79 Å². The zero-order valence-electron chi connectivity index (χ0n) is 10.9. The smallest absolute Gasteiger partial charge is 0.256 e. The summed E-state index contributed by atoms with van der Waals surface area (Å²) in [5.74, 6) is 0.732. The van der Waals surface area contributed by atoms with Crippen LogP contribution in [0.2, 0.25) is 25.7 Å². The SMILES string of the molecule is CC(O)c1cc(OCOCC[Si](C)(C)C)no1. The van der Waals surface area contributed by atoms with Gasteiger partial charge in [-0.15, -0.1) is 0 Å². The summed E-state index contributed by atoms with van der Waals surface area (Å²) in [4.78, 5) is 0. The predicted octanol–water partition coefficient (Wildman–Crippen LogP) is 2.42. The molecule has 0 aliphatic carbocycles. The summed E-state index contributed by atoms with van der Waals surface area (Å²) in [5, 5.41) is 12.9. The van der Waals surface area contributed by atoms with Gasteiger partial charge in [-0.25, -0.2) is 0 Å². The average Bonchev–Trinajstić information content (AvgIpc) is 2.64. The molecule has 0 saturated carbocycles. The molecule has 1 aromatic rings. The number of aromatic nitrogens is 1. The third-order valence-corrected chi connectivity index (χ3v) is 3.91. The van der Waals surface area contributed by atoms with Gasteiger partial charge in [0, 0.05) is 20.7 Å². The van der Waals surface area contributed by atoms with Crippen molar-refractivity contribution in [3.05, 3.63) is 11.8 Å². The molecular formula is C11H21NO4Si. The van der Waals surface area contributed by atoms with E-state index in [2.05, 4.69) is 24.8 Å². The van der Waals surface area contributed by atoms with Crippen LogP contribution in [-0.4, -0.2) is 31.7 Å². The topological polar surface area (TPSA) is 64.7 Å². The number of aliphatic hydroxyl groups is 1. The van der Waals surface area contributed by atoms with Crippen molar-refractivity contribution >= 4 is 8.07 Å². The molecule has 0 aliphatic rings. The zero-order valence-corrected chi connectivity index (χ0v) is 11.9. The van der Waals surface area contributed by atoms with Crippen LogP contribution >= 0.6 is 0 Å². The monoisotopic (exact) mass is 259 g/mol. The van der Waals surface area contributed by atoms with Crippen LogP contribution in [0, 0.1) is 0 Å². The van der Waals surface area contributed by atoms with Crippen molar-refractivity contribution in [2.24, 2.45) is 0 Å². The first-order valence-corrected chi connectivity index (χ1v) is 9.44. The minimum Gasteiger partial charge on any atom is -0.448 e. The highest BCUT2D eigenvalue weighted by Gasteiger charge is 2.12. The third-order valence-electron chi connectivity index (χ3n) is 2.21. The summed E-state index contributed by atoms with van der Waals surface area (Å²) < 4.78 is 15.4. The lowest BCUT2D eigenvalue weighted by molar-refractivity contribution is 0.0173. The maximum Gasteiger partial charge on any atom is 0.256 e. The van der Waals surface area contributed by atoms with Gasteiger partial charge in [0.05, 0.1) is 0 Å². The van der Waals surface area contributed by atoms with E-state index in [1.807, 2.05) is 0 Å². The number of hydrogen-bond acceptors (Lipinski definition) is 5. The summed E-state index contributed by atoms with van der Waals surface area (Å²) in [6.07, 6.45) is -0.673. The highest BCUT2D eigenvalue weighted by Crippen LogP contribution is 2.17. The van der Waals surface area contributed by atoms with Crippen LogP contribution in [-0.2, 0) is 4.74 Å². The van der Waals surface area contributed by atoms with Gasteiger partial charge >= 0.3 is 0 Å². The predicted molar refractivity (Wildman–Crippen MR) is 66.7 cm³/mol. The number of rotatable bonds is 7. The van der Waals surface area contributed by atoms with Crippen molar-refractivity contribution in [3.63, 3.8) is 0 Å². The number of nitrogens with zero attached hydrogens (tertiary/aromatic N) is 1. The molecule has 0 amide bonds. The summed E-state index contributed by atoms with van der Waals surface area (Å²) >= 11 is 0. The molecule has 17 heavy (non-hydrogen) atoms. The summed E-state index contributed by atoms with van der Waals surface area (Å²) in [5.41, 5.74) is 0. The molecule has 1 heterocycles. The molecule has 0 bridgehead atoms. The highest BCUT2D eigenvalue weighted by atomic mass is 28.3. The molecule has 0 aromatic carbocycles. The number of hydrogen-bond donors (Lipinski definition) is 1. The Morgan fingerprint density at radius 2 is 2.18 bits per heavy atom. The van der Waals surface area contributed by atoms with Crippen LogP contribution in [0.4, 0.5) is 0 Å². The Morgan fingerprint density at radius 1 is 1.47 bits per heavy atom. The van der Waals surface area contributed by atoms with E-state index in [9.17, 15) is 5.11 Å². The van der Waals surface area contributed by atoms with Gasteiger partial charge in [0.25, 0.3) is 5.88 Å². The van der Waals surface area contributed by atoms with Gasteiger partial charge in [-0.3, -0.25) is 0 Å². The largest absolute Gasteiger partial charge is 0.448 e. The van der Waals surface area contributed by atoms with E-state index in [0.29, 0.717) is 18.2 Å². The van der Waals surface area contributed by atoms with Crippen LogP contribution in [0.1, 0.15) is 18.8 Å². The average molecular weight is 259 g/mol. The van der Waals surface area contributed by atoms with Crippen molar-refractivity contribution < 1.29 is 19.1 Å². The second-order valence-corrected chi connectivity index (χ2v) is 10.8. The Labute approximate surface area is 103 Å². The van der Waals surface area contributed by atoms with Gasteiger partial charge in [0.2, 0.25) is 0 Å². The first kappa shape index (κ1) is 14.2. The molecule has 0 spiro atoms. The van der Waals surface area contributed by atoms with Crippen molar-refractivity contribution in [2.45, 2.75) is 38.7 Å². The van der Waals surface area contributed by atoms with Gasteiger partial charge in [-0.05, 0) is 18.1 Å². The Morgan fingerprint density at radius 3 is 2.71 bits per heavy atom. The van der Waals surface area contributed by atoms with Gasteiger partial charge < -0.3 is 19.1 Å². The fraction of sp³-hybridized carbons (Fsp3) is 0.727. The van der Waals surface area contributed by atoms with Crippen molar-refractivity contribution in [3.8, 4) is 5.88 Å². The van der Waals surface area contributed by atoms with Gasteiger partial charge in [-0.2, -0.15) is 0 Å². The van der Waals surface area contributed by atoms with Crippen molar-refractivity contribution in [2.75, 3.05) is 13.4 Å². The molecule has 0 fully saturated rings. The Hall–Kier alpha value is -0.853. The standard InChI is InChI=1S/C11H21NO4Si/c1-9(13)10-7-11(12-16-10)15-8-14-5-6-17(2,3)4/h7,9,13H,5-6,8H2,1-4H3. The lowest BCUT2D eigenvalue weighted by Crippen LogP contribution is -2.22. The quantitative estimate of drug-likeness (QED) is 0.463. The molecule has 5 nitrogen and oxygen atoms in total. The number of ether oxygens (including phenoxy) is 2. The zero-order chi connectivity index (χ0) is 12.9. The van der Waals surface area contributed by atoms with E-state index < -0.39 is 14.2 Å². The van der Waals surface area contributed by atoms with Crippen LogP contribution < -0.4 is 4.74 Å². The number of aliphatic hydroxyl groups excluding tert-OH is 1. The van der Waals surface area contributed by atoms with E-state index in [1.54, 1.807) is 13.0 Å². The molecular weight excluding hydrogens is 238 g/mol. The minimum absolute atomic E-state index is 0.163. The third kappa shape index (κ3) is 5.85. The van der Waals surface area contributed by atoms with Crippen molar-refractivity contribution in [1.29, 1.82) is 0 Å². The van der Waals surface area contributed by atoms with E-state index in [0.717, 1.165) is 6.04 Å². The van der Waals surface area contributed by atoms with E-state index in [1.165, 1.54) is 0 Å². The first-order chi connectivity index (χ1) is 7.88. The van der Waals surface area contributed by atoms with Gasteiger partial charge in [0.15, 0.2) is 12.6 Å². The Bertz CT molecular complexity index is 332. The minimum atomic E-state index is -1.05. The molecule has 0 saturated heterocycles. The molecule has 1 N–H and O–H groups in total. The molecule has 6 heteroatoms. The Kier molecular flexibility index (Phi) is 5.17. The maximum atomic E-state index is 9.22. The molecule has 1 aromatic heterocycles. The molecule has 1 rings (SSSR count). The highest BCUT2D eigenvalue weighted by molar-refractivity contribution is 6.76. The lowest BCUT2D eigenvalue weighted by Gasteiger charge is -2.14.